The van der Waals surface area contributed by atoms with Crippen molar-refractivity contribution >= 4 is 42.8 Å². The molecule has 0 radical (unpaired) electrons. The van der Waals surface area contributed by atoms with Gasteiger partial charge in [-0.3, -0.25) is 0 Å². The fraction of sp³-hybridized carbons (Fsp3) is 0.174. The summed E-state index contributed by atoms with van der Waals surface area (Å²) >= 11 is -1.85. The summed E-state index contributed by atoms with van der Waals surface area (Å²) in [5.41, 5.74) is 5.62. The molecule has 136 valence electrons. The maximum absolute atomic E-state index is 5.13. The normalized spacial score (nSPS) is 10.1. The van der Waals surface area contributed by atoms with E-state index in [0.29, 0.717) is 0 Å². The van der Waals surface area contributed by atoms with Crippen LogP contribution in [0.2, 0.25) is 0 Å². The number of hydrogen-bond donors (Lipinski definition) is 0. The predicted octanol–water partition coefficient (Wildman–Crippen LogP) is 7.70. The molecule has 0 aliphatic rings. The Hall–Kier alpha value is -1.01. The number of aryl methyl sites for hydroxylation is 4. The van der Waals surface area contributed by atoms with E-state index in [2.05, 4.69) is 92.6 Å². The molecule has 0 aromatic heterocycles. The van der Waals surface area contributed by atoms with Gasteiger partial charge in [-0.05, 0) is 0 Å². The molecular formula is C23H24Cl2Zr-2. The molecule has 4 rings (SSSR count). The van der Waals surface area contributed by atoms with Crippen LogP contribution in [-0.2, 0) is 18.9 Å². The van der Waals surface area contributed by atoms with E-state index < -0.39 is 18.9 Å². The molecule has 0 aliphatic carbocycles. The first kappa shape index (κ1) is 21.3. The van der Waals surface area contributed by atoms with Crippen LogP contribution in [0.3, 0.4) is 0 Å². The number of benzene rings is 2. The molecule has 0 amide bonds. The fourth-order valence-corrected chi connectivity index (χ4v) is 3.04. The number of halogens is 2. The molecule has 0 saturated heterocycles. The van der Waals surface area contributed by atoms with Crippen LogP contribution in [0.25, 0.3) is 21.5 Å². The summed E-state index contributed by atoms with van der Waals surface area (Å²) in [5, 5.41) is 5.51. The zero-order valence-electron chi connectivity index (χ0n) is 15.7. The Morgan fingerprint density at radius 3 is 1.31 bits per heavy atom. The first-order chi connectivity index (χ1) is 12.3. The average molecular weight is 463 g/mol. The van der Waals surface area contributed by atoms with Crippen molar-refractivity contribution in [3.63, 3.8) is 0 Å². The summed E-state index contributed by atoms with van der Waals surface area (Å²) in [6.45, 7) is 8.68. The molecule has 0 fully saturated rings. The van der Waals surface area contributed by atoms with Gasteiger partial charge in [0.25, 0.3) is 0 Å². The van der Waals surface area contributed by atoms with Gasteiger partial charge in [-0.2, -0.15) is 11.1 Å². The summed E-state index contributed by atoms with van der Waals surface area (Å²) in [4.78, 5) is 0. The fourth-order valence-electron chi connectivity index (χ4n) is 3.04. The van der Waals surface area contributed by atoms with Crippen LogP contribution in [0.1, 0.15) is 22.3 Å². The van der Waals surface area contributed by atoms with Crippen LogP contribution in [0, 0.1) is 27.7 Å². The second-order valence-electron chi connectivity index (χ2n) is 6.42. The molecule has 4 aromatic rings. The summed E-state index contributed by atoms with van der Waals surface area (Å²) in [6, 6.07) is 21.5. The van der Waals surface area contributed by atoms with E-state index in [0.717, 1.165) is 0 Å². The van der Waals surface area contributed by atoms with E-state index in [1.54, 1.807) is 0 Å². The standard InChI is InChI=1S/2C11H11.CH2.2ClH.Zr/c2*1-8-7-10-5-3-4-6-11(10)9(8)2;;;;/h2*3-7H,1-2H3;1H2;2*1H;/q2*-1;;;;+2/p-2. The molecule has 0 atom stereocenters. The zero-order chi connectivity index (χ0) is 19.3. The molecule has 26 heavy (non-hydrogen) atoms. The monoisotopic (exact) mass is 460 g/mol. The first-order valence-corrected chi connectivity index (χ1v) is 16.6. The average Bonchev–Trinajstić information content (AvgIpc) is 3.05. The Labute approximate surface area is 171 Å². The molecule has 0 spiro atoms. The Balaban J connectivity index is 0.000000156. The zero-order valence-corrected chi connectivity index (χ0v) is 19.7. The van der Waals surface area contributed by atoms with Gasteiger partial charge in [0.05, 0.1) is 0 Å². The van der Waals surface area contributed by atoms with E-state index in [-0.39, 0.29) is 0 Å². The van der Waals surface area contributed by atoms with E-state index in [4.69, 9.17) is 17.0 Å². The van der Waals surface area contributed by atoms with Gasteiger partial charge in [0.1, 0.15) is 0 Å². The van der Waals surface area contributed by atoms with Gasteiger partial charge >= 0.3 is 40.1 Å². The van der Waals surface area contributed by atoms with Gasteiger partial charge in [-0.25, -0.2) is 0 Å². The minimum absolute atomic E-state index is 1.36. The Morgan fingerprint density at radius 1 is 0.692 bits per heavy atom. The number of hydrogen-bond acceptors (Lipinski definition) is 0. The third kappa shape index (κ3) is 5.49. The van der Waals surface area contributed by atoms with Gasteiger partial charge < -0.3 is 0 Å². The Kier molecular flexibility index (Phi) is 8.02. The molecule has 0 N–H and O–H groups in total. The Bertz CT molecular complexity index is 939. The van der Waals surface area contributed by atoms with Crippen LogP contribution in [0.4, 0.5) is 0 Å². The summed E-state index contributed by atoms with van der Waals surface area (Å²) in [5.74, 6) is 0. The van der Waals surface area contributed by atoms with Crippen LogP contribution in [0.5, 0.6) is 0 Å². The molecule has 3 heteroatoms. The SMILES string of the molecule is Cc1[cH-]c2ccccc2c1C.Cc1[cH-]c2ccccc2c1C.[CH2]=[Zr]([Cl])[Cl]. The molecule has 0 unspecified atom stereocenters. The molecule has 0 nitrogen and oxygen atoms in total. The third-order valence-electron chi connectivity index (χ3n) is 4.66. The van der Waals surface area contributed by atoms with Gasteiger partial charge in [0, 0.05) is 0 Å². The molecule has 0 saturated carbocycles. The second kappa shape index (κ2) is 9.79. The summed E-state index contributed by atoms with van der Waals surface area (Å²) in [6.07, 6.45) is 0. The van der Waals surface area contributed by atoms with Crippen molar-refractivity contribution in [1.29, 1.82) is 0 Å². The molecule has 0 bridgehead atoms. The number of rotatable bonds is 0. The van der Waals surface area contributed by atoms with Crippen molar-refractivity contribution in [1.82, 2.24) is 0 Å². The second-order valence-corrected chi connectivity index (χ2v) is 14.6. The van der Waals surface area contributed by atoms with Crippen molar-refractivity contribution in [2.24, 2.45) is 0 Å². The van der Waals surface area contributed by atoms with Crippen molar-refractivity contribution in [2.75, 3.05) is 0 Å². The molecule has 0 aliphatic heterocycles. The quantitative estimate of drug-likeness (QED) is 0.235. The van der Waals surface area contributed by atoms with E-state index >= 15 is 0 Å². The van der Waals surface area contributed by atoms with Crippen molar-refractivity contribution < 1.29 is 18.9 Å². The minimum atomic E-state index is -1.85. The van der Waals surface area contributed by atoms with E-state index in [1.165, 1.54) is 43.8 Å². The topological polar surface area (TPSA) is 0 Å². The van der Waals surface area contributed by atoms with Crippen LogP contribution >= 0.6 is 17.0 Å². The molecular weight excluding hydrogens is 438 g/mol. The van der Waals surface area contributed by atoms with Gasteiger partial charge in [-0.15, -0.1) is 81.2 Å². The van der Waals surface area contributed by atoms with Crippen LogP contribution in [0.15, 0.2) is 60.7 Å². The summed E-state index contributed by atoms with van der Waals surface area (Å²) < 4.78 is 3.37. The van der Waals surface area contributed by atoms with E-state index in [9.17, 15) is 0 Å². The van der Waals surface area contributed by atoms with Crippen molar-refractivity contribution in [2.45, 2.75) is 27.7 Å². The summed E-state index contributed by atoms with van der Waals surface area (Å²) in [7, 11) is 10.3. The van der Waals surface area contributed by atoms with Crippen LogP contribution in [-0.4, -0.2) is 4.21 Å². The Morgan fingerprint density at radius 2 is 1.00 bits per heavy atom. The molecule has 4 aromatic carbocycles. The van der Waals surface area contributed by atoms with Gasteiger partial charge in [0.15, 0.2) is 0 Å². The van der Waals surface area contributed by atoms with Crippen molar-refractivity contribution in [3.05, 3.63) is 82.9 Å². The number of fused-ring (bicyclic) bond motifs is 2. The van der Waals surface area contributed by atoms with E-state index in [1.807, 2.05) is 0 Å². The first-order valence-electron chi connectivity index (χ1n) is 8.54. The van der Waals surface area contributed by atoms with Crippen molar-refractivity contribution in [3.8, 4) is 0 Å². The maximum atomic E-state index is 5.13. The molecule has 0 heterocycles. The van der Waals surface area contributed by atoms with Crippen LogP contribution < -0.4 is 0 Å². The predicted molar refractivity (Wildman–Crippen MR) is 117 cm³/mol. The van der Waals surface area contributed by atoms with Gasteiger partial charge in [0.2, 0.25) is 0 Å². The van der Waals surface area contributed by atoms with Gasteiger partial charge in [-0.1, -0.05) is 39.8 Å². The third-order valence-corrected chi connectivity index (χ3v) is 4.66.